The number of hydrogen-bond acceptors (Lipinski definition) is 6. The van der Waals surface area contributed by atoms with Crippen LogP contribution in [-0.2, 0) is 4.79 Å². The SMILES string of the molecule is O=C1[C@@H](O)[C@@H](O)S[C@@H](CO)[C@H]1O. The third kappa shape index (κ3) is 1.62. The predicted molar refractivity (Wildman–Crippen MR) is 41.5 cm³/mol. The van der Waals surface area contributed by atoms with E-state index in [2.05, 4.69) is 0 Å². The molecule has 1 aliphatic heterocycles. The van der Waals surface area contributed by atoms with Gasteiger partial charge in [0.25, 0.3) is 0 Å². The van der Waals surface area contributed by atoms with Crippen LogP contribution in [-0.4, -0.2) is 55.7 Å². The summed E-state index contributed by atoms with van der Waals surface area (Å²) in [6, 6.07) is 0. The molecule has 0 aromatic heterocycles. The zero-order valence-corrected chi connectivity index (χ0v) is 6.94. The molecule has 0 aromatic carbocycles. The molecular formula is C6H10O5S. The molecule has 0 radical (unpaired) electrons. The minimum absolute atomic E-state index is 0.401. The van der Waals surface area contributed by atoms with E-state index in [-0.39, 0.29) is 0 Å². The fourth-order valence-corrected chi connectivity index (χ4v) is 1.98. The molecule has 1 heterocycles. The molecule has 0 bridgehead atoms. The summed E-state index contributed by atoms with van der Waals surface area (Å²) in [7, 11) is 0. The number of Topliss-reactive ketones (excluding diaryl/α,β-unsaturated/α-hetero) is 1. The van der Waals surface area contributed by atoms with Crippen LogP contribution in [0.3, 0.4) is 0 Å². The van der Waals surface area contributed by atoms with Gasteiger partial charge in [0.1, 0.15) is 11.5 Å². The molecule has 70 valence electrons. The second-order valence-electron chi connectivity index (χ2n) is 2.54. The van der Waals surface area contributed by atoms with Gasteiger partial charge in [-0.1, -0.05) is 0 Å². The van der Waals surface area contributed by atoms with Crippen molar-refractivity contribution in [1.82, 2.24) is 0 Å². The summed E-state index contributed by atoms with van der Waals surface area (Å²) in [6.07, 6.45) is -2.94. The number of aliphatic hydroxyl groups excluding tert-OH is 4. The second kappa shape index (κ2) is 3.71. The highest BCUT2D eigenvalue weighted by molar-refractivity contribution is 8.00. The topological polar surface area (TPSA) is 98.0 Å². The van der Waals surface area contributed by atoms with Gasteiger partial charge in [-0.25, -0.2) is 0 Å². The predicted octanol–water partition coefficient (Wildman–Crippen LogP) is -2.30. The highest BCUT2D eigenvalue weighted by Gasteiger charge is 2.41. The lowest BCUT2D eigenvalue weighted by Crippen LogP contribution is -2.50. The molecule has 0 spiro atoms. The molecule has 12 heavy (non-hydrogen) atoms. The van der Waals surface area contributed by atoms with Crippen molar-refractivity contribution >= 4 is 17.5 Å². The van der Waals surface area contributed by atoms with Crippen LogP contribution < -0.4 is 0 Å². The summed E-state index contributed by atoms with van der Waals surface area (Å²) < 4.78 is 0. The first-order valence-electron chi connectivity index (χ1n) is 3.42. The van der Waals surface area contributed by atoms with E-state index >= 15 is 0 Å². The van der Waals surface area contributed by atoms with E-state index in [1.54, 1.807) is 0 Å². The van der Waals surface area contributed by atoms with Crippen LogP contribution in [0.25, 0.3) is 0 Å². The van der Waals surface area contributed by atoms with Gasteiger partial charge in [0, 0.05) is 0 Å². The maximum absolute atomic E-state index is 10.9. The Morgan fingerprint density at radius 1 is 1.25 bits per heavy atom. The molecule has 5 nitrogen and oxygen atoms in total. The van der Waals surface area contributed by atoms with E-state index in [0.717, 1.165) is 11.8 Å². The molecule has 0 aromatic rings. The van der Waals surface area contributed by atoms with E-state index in [1.807, 2.05) is 0 Å². The van der Waals surface area contributed by atoms with E-state index < -0.39 is 35.3 Å². The first-order chi connectivity index (χ1) is 5.57. The molecule has 4 N–H and O–H groups in total. The van der Waals surface area contributed by atoms with Crippen LogP contribution in [0.2, 0.25) is 0 Å². The normalized spacial score (nSPS) is 43.2. The third-order valence-corrected chi connectivity index (χ3v) is 2.99. The van der Waals surface area contributed by atoms with E-state index in [9.17, 15) is 4.79 Å². The third-order valence-electron chi connectivity index (χ3n) is 1.70. The molecule has 1 aliphatic rings. The number of thioether (sulfide) groups is 1. The fraction of sp³-hybridized carbons (Fsp3) is 0.833. The van der Waals surface area contributed by atoms with Crippen molar-refractivity contribution in [3.8, 4) is 0 Å². The van der Waals surface area contributed by atoms with Gasteiger partial charge in [-0.2, -0.15) is 0 Å². The Morgan fingerprint density at radius 3 is 2.33 bits per heavy atom. The highest BCUT2D eigenvalue weighted by atomic mass is 32.2. The van der Waals surface area contributed by atoms with Crippen LogP contribution in [0.1, 0.15) is 0 Å². The Kier molecular flexibility index (Phi) is 3.08. The lowest BCUT2D eigenvalue weighted by molar-refractivity contribution is -0.140. The van der Waals surface area contributed by atoms with E-state index in [4.69, 9.17) is 20.4 Å². The molecule has 0 saturated carbocycles. The van der Waals surface area contributed by atoms with Crippen LogP contribution in [0, 0.1) is 0 Å². The minimum Gasteiger partial charge on any atom is -0.395 e. The largest absolute Gasteiger partial charge is 0.395 e. The molecule has 0 unspecified atom stereocenters. The average molecular weight is 194 g/mol. The maximum Gasteiger partial charge on any atom is 0.194 e. The summed E-state index contributed by atoms with van der Waals surface area (Å²) in [6.45, 7) is -0.401. The maximum atomic E-state index is 10.9. The van der Waals surface area contributed by atoms with Crippen molar-refractivity contribution in [2.24, 2.45) is 0 Å². The van der Waals surface area contributed by atoms with Gasteiger partial charge in [0.2, 0.25) is 0 Å². The minimum atomic E-state index is -1.55. The summed E-state index contributed by atoms with van der Waals surface area (Å²) in [5.74, 6) is -0.833. The first-order valence-corrected chi connectivity index (χ1v) is 4.36. The summed E-state index contributed by atoms with van der Waals surface area (Å²) in [4.78, 5) is 10.9. The fourth-order valence-electron chi connectivity index (χ4n) is 0.969. The van der Waals surface area contributed by atoms with E-state index in [0.29, 0.717) is 0 Å². The number of hydrogen-bond donors (Lipinski definition) is 4. The molecule has 1 fully saturated rings. The van der Waals surface area contributed by atoms with E-state index in [1.165, 1.54) is 0 Å². The zero-order chi connectivity index (χ0) is 9.30. The molecule has 0 amide bonds. The molecule has 1 saturated heterocycles. The van der Waals surface area contributed by atoms with Crippen molar-refractivity contribution in [2.45, 2.75) is 22.9 Å². The zero-order valence-electron chi connectivity index (χ0n) is 6.12. The number of carbonyl (C=O) groups is 1. The quantitative estimate of drug-likeness (QED) is 0.375. The summed E-state index contributed by atoms with van der Waals surface area (Å²) in [5.41, 5.74) is -1.25. The van der Waals surface area contributed by atoms with Crippen molar-refractivity contribution in [3.05, 3.63) is 0 Å². The van der Waals surface area contributed by atoms with Gasteiger partial charge in [0.15, 0.2) is 11.9 Å². The lowest BCUT2D eigenvalue weighted by Gasteiger charge is -2.31. The second-order valence-corrected chi connectivity index (χ2v) is 3.90. The molecule has 0 aliphatic carbocycles. The standard InChI is InChI=1S/C6H10O5S/c7-1-2-3(8)4(9)5(10)6(11)12-2/h2-3,5-8,10-11H,1H2/t2-,3+,5+,6-/m0/s1. The Bertz CT molecular complexity index is 185. The Morgan fingerprint density at radius 2 is 1.83 bits per heavy atom. The number of ketones is 1. The van der Waals surface area contributed by atoms with Crippen molar-refractivity contribution in [1.29, 1.82) is 0 Å². The summed E-state index contributed by atoms with van der Waals surface area (Å²) >= 11 is 0.791. The molecule has 1 rings (SSSR count). The average Bonchev–Trinajstić information content (AvgIpc) is 2.08. The summed E-state index contributed by atoms with van der Waals surface area (Å²) in [5, 5.41) is 35.0. The van der Waals surface area contributed by atoms with Gasteiger partial charge < -0.3 is 20.4 Å². The van der Waals surface area contributed by atoms with Crippen molar-refractivity contribution in [3.63, 3.8) is 0 Å². The smallest absolute Gasteiger partial charge is 0.194 e. The van der Waals surface area contributed by atoms with Crippen molar-refractivity contribution in [2.75, 3.05) is 6.61 Å². The van der Waals surface area contributed by atoms with Crippen molar-refractivity contribution < 1.29 is 25.2 Å². The Labute approximate surface area is 73.0 Å². The van der Waals surface area contributed by atoms with Gasteiger partial charge in [-0.3, -0.25) is 4.79 Å². The van der Waals surface area contributed by atoms with Crippen LogP contribution in [0.15, 0.2) is 0 Å². The molecule has 4 atom stereocenters. The van der Waals surface area contributed by atoms with Gasteiger partial charge in [-0.05, 0) is 0 Å². The van der Waals surface area contributed by atoms with Crippen LogP contribution >= 0.6 is 11.8 Å². The van der Waals surface area contributed by atoms with Gasteiger partial charge in [0.05, 0.1) is 11.9 Å². The number of rotatable bonds is 1. The van der Waals surface area contributed by atoms with Crippen LogP contribution in [0.5, 0.6) is 0 Å². The first kappa shape index (κ1) is 9.94. The molecular weight excluding hydrogens is 184 g/mol. The highest BCUT2D eigenvalue weighted by Crippen LogP contribution is 2.28. The monoisotopic (exact) mass is 194 g/mol. The Hall–Kier alpha value is -0.140. The van der Waals surface area contributed by atoms with Gasteiger partial charge in [-0.15, -0.1) is 11.8 Å². The van der Waals surface area contributed by atoms with Gasteiger partial charge >= 0.3 is 0 Å². The van der Waals surface area contributed by atoms with Crippen LogP contribution in [0.4, 0.5) is 0 Å². The Balaban J connectivity index is 2.70. The molecule has 6 heteroatoms. The lowest BCUT2D eigenvalue weighted by atomic mass is 10.1. The number of carbonyl (C=O) groups excluding carboxylic acids is 1. The number of aliphatic hydroxyl groups is 4.